The highest BCUT2D eigenvalue weighted by Crippen LogP contribution is 2.58. The highest BCUT2D eigenvalue weighted by Gasteiger charge is 2.40. The molecular formula is C54H43N. The van der Waals surface area contributed by atoms with Crippen LogP contribution in [-0.2, 0) is 10.8 Å². The summed E-state index contributed by atoms with van der Waals surface area (Å²) >= 11 is 0. The first-order chi connectivity index (χ1) is 26.8. The molecule has 0 spiro atoms. The SMILES string of the molecule is CC1(C)c2ccccc2-c2c(-c3ccccc3N(c3ccc(-c4ccccc4)cc3-c3ccccc3)c3cccc4c3C(C)(C)c3ccccc3-4)cccc21. The average Bonchev–Trinajstić information content (AvgIpc) is 3.62. The van der Waals surface area contributed by atoms with Crippen LogP contribution < -0.4 is 4.90 Å². The van der Waals surface area contributed by atoms with Gasteiger partial charge < -0.3 is 4.90 Å². The van der Waals surface area contributed by atoms with Crippen LogP contribution in [0.3, 0.4) is 0 Å². The molecule has 8 aromatic carbocycles. The summed E-state index contributed by atoms with van der Waals surface area (Å²) in [4.78, 5) is 2.57. The lowest BCUT2D eigenvalue weighted by Crippen LogP contribution is -2.21. The fraction of sp³-hybridized carbons (Fsp3) is 0.111. The predicted octanol–water partition coefficient (Wildman–Crippen LogP) is 14.8. The van der Waals surface area contributed by atoms with Crippen LogP contribution in [0.2, 0.25) is 0 Å². The lowest BCUT2D eigenvalue weighted by Gasteiger charge is -2.35. The van der Waals surface area contributed by atoms with Crippen molar-refractivity contribution in [2.75, 3.05) is 4.90 Å². The molecule has 0 bridgehead atoms. The van der Waals surface area contributed by atoms with Gasteiger partial charge in [-0.3, -0.25) is 0 Å². The number of anilines is 3. The van der Waals surface area contributed by atoms with Crippen molar-refractivity contribution >= 4 is 17.1 Å². The second-order valence-corrected chi connectivity index (χ2v) is 16.1. The first-order valence-corrected chi connectivity index (χ1v) is 19.5. The molecule has 10 rings (SSSR count). The smallest absolute Gasteiger partial charge is 0.0540 e. The van der Waals surface area contributed by atoms with E-state index in [0.29, 0.717) is 0 Å². The van der Waals surface area contributed by atoms with E-state index in [1.54, 1.807) is 0 Å². The van der Waals surface area contributed by atoms with Gasteiger partial charge >= 0.3 is 0 Å². The molecule has 0 radical (unpaired) electrons. The minimum absolute atomic E-state index is 0.0969. The summed E-state index contributed by atoms with van der Waals surface area (Å²) in [6.45, 7) is 9.52. The standard InChI is InChI=1S/C54H43N/c1-53(2)46-29-15-12-25-43(46)51-41(26-17-30-47(51)53)40-24-13-16-31-48(40)55(50-32-18-27-42-39-23-11-14-28-45(39)54(3,4)52(42)50)49-34-33-38(36-19-7-5-8-20-36)35-44(49)37-21-9-6-10-22-37/h5-35H,1-4H3. The van der Waals surface area contributed by atoms with Gasteiger partial charge in [-0.25, -0.2) is 0 Å². The van der Waals surface area contributed by atoms with Crippen molar-refractivity contribution in [3.8, 4) is 55.6 Å². The molecule has 1 heteroatoms. The van der Waals surface area contributed by atoms with E-state index in [1.807, 2.05) is 0 Å². The van der Waals surface area contributed by atoms with E-state index >= 15 is 0 Å². The zero-order valence-electron chi connectivity index (χ0n) is 31.8. The highest BCUT2D eigenvalue weighted by molar-refractivity contribution is 6.02. The molecule has 264 valence electrons. The van der Waals surface area contributed by atoms with Crippen LogP contribution in [0.25, 0.3) is 55.6 Å². The van der Waals surface area contributed by atoms with E-state index in [0.717, 1.165) is 11.4 Å². The molecule has 0 unspecified atom stereocenters. The molecule has 0 saturated heterocycles. The molecule has 0 atom stereocenters. The van der Waals surface area contributed by atoms with Crippen LogP contribution in [-0.4, -0.2) is 0 Å². The summed E-state index contributed by atoms with van der Waals surface area (Å²) < 4.78 is 0. The average molecular weight is 706 g/mol. The molecule has 0 saturated carbocycles. The van der Waals surface area contributed by atoms with Crippen LogP contribution in [0.15, 0.2) is 188 Å². The molecular weight excluding hydrogens is 663 g/mol. The number of fused-ring (bicyclic) bond motifs is 6. The Hall–Kier alpha value is -6.44. The Morgan fingerprint density at radius 3 is 1.56 bits per heavy atom. The van der Waals surface area contributed by atoms with Crippen molar-refractivity contribution in [3.63, 3.8) is 0 Å². The molecule has 8 aromatic rings. The number of benzene rings is 8. The summed E-state index contributed by atoms with van der Waals surface area (Å²) in [7, 11) is 0. The quantitative estimate of drug-likeness (QED) is 0.166. The molecule has 2 aliphatic rings. The fourth-order valence-corrected chi connectivity index (χ4v) is 9.66. The molecule has 55 heavy (non-hydrogen) atoms. The maximum absolute atomic E-state index is 2.57. The highest BCUT2D eigenvalue weighted by atomic mass is 15.2. The van der Waals surface area contributed by atoms with Gasteiger partial charge in [0.1, 0.15) is 0 Å². The zero-order chi connectivity index (χ0) is 37.3. The third kappa shape index (κ3) is 5.07. The Morgan fingerprint density at radius 2 is 0.818 bits per heavy atom. The Kier molecular flexibility index (Phi) is 7.58. The molecule has 0 aromatic heterocycles. The number of nitrogens with zero attached hydrogens (tertiary/aromatic N) is 1. The van der Waals surface area contributed by atoms with Gasteiger partial charge in [0.05, 0.1) is 17.1 Å². The lowest BCUT2D eigenvalue weighted by molar-refractivity contribution is 0.660. The van der Waals surface area contributed by atoms with E-state index in [1.165, 1.54) is 83.6 Å². The largest absolute Gasteiger partial charge is 0.309 e. The van der Waals surface area contributed by atoms with E-state index in [2.05, 4.69) is 221 Å². The van der Waals surface area contributed by atoms with Crippen LogP contribution in [0.1, 0.15) is 49.9 Å². The van der Waals surface area contributed by atoms with Gasteiger partial charge in [0.25, 0.3) is 0 Å². The minimum atomic E-state index is -0.219. The molecule has 0 aliphatic heterocycles. The third-order valence-electron chi connectivity index (χ3n) is 12.3. The molecule has 0 heterocycles. The van der Waals surface area contributed by atoms with Crippen molar-refractivity contribution in [2.45, 2.75) is 38.5 Å². The second-order valence-electron chi connectivity index (χ2n) is 16.1. The molecule has 0 fully saturated rings. The Labute approximate surface area is 325 Å². The number of hydrogen-bond donors (Lipinski definition) is 0. The van der Waals surface area contributed by atoms with E-state index in [-0.39, 0.29) is 10.8 Å². The zero-order valence-corrected chi connectivity index (χ0v) is 31.8. The number of para-hydroxylation sites is 1. The van der Waals surface area contributed by atoms with Crippen molar-refractivity contribution in [3.05, 3.63) is 210 Å². The van der Waals surface area contributed by atoms with Gasteiger partial charge in [0.2, 0.25) is 0 Å². The van der Waals surface area contributed by atoms with Crippen LogP contribution in [0.5, 0.6) is 0 Å². The predicted molar refractivity (Wildman–Crippen MR) is 233 cm³/mol. The monoisotopic (exact) mass is 705 g/mol. The normalized spacial score (nSPS) is 14.1. The van der Waals surface area contributed by atoms with E-state index in [4.69, 9.17) is 0 Å². The van der Waals surface area contributed by atoms with Gasteiger partial charge in [0.15, 0.2) is 0 Å². The Morgan fingerprint density at radius 1 is 0.309 bits per heavy atom. The first kappa shape index (κ1) is 33.2. The van der Waals surface area contributed by atoms with Crippen molar-refractivity contribution in [1.29, 1.82) is 0 Å². The van der Waals surface area contributed by atoms with Crippen molar-refractivity contribution < 1.29 is 0 Å². The van der Waals surface area contributed by atoms with Crippen LogP contribution in [0.4, 0.5) is 17.1 Å². The van der Waals surface area contributed by atoms with Crippen LogP contribution in [0, 0.1) is 0 Å². The molecule has 0 amide bonds. The lowest BCUT2D eigenvalue weighted by atomic mass is 9.81. The number of rotatable bonds is 6. The van der Waals surface area contributed by atoms with Crippen molar-refractivity contribution in [1.82, 2.24) is 0 Å². The third-order valence-corrected chi connectivity index (χ3v) is 12.3. The van der Waals surface area contributed by atoms with Gasteiger partial charge in [0, 0.05) is 22.0 Å². The second kappa shape index (κ2) is 12.6. The van der Waals surface area contributed by atoms with Gasteiger partial charge in [-0.2, -0.15) is 0 Å². The maximum atomic E-state index is 2.57. The van der Waals surface area contributed by atoms with E-state index < -0.39 is 0 Å². The molecule has 2 aliphatic carbocycles. The molecule has 1 nitrogen and oxygen atoms in total. The molecule has 0 N–H and O–H groups in total. The van der Waals surface area contributed by atoms with Gasteiger partial charge in [-0.15, -0.1) is 0 Å². The minimum Gasteiger partial charge on any atom is -0.309 e. The number of hydrogen-bond acceptors (Lipinski definition) is 1. The summed E-state index contributed by atoms with van der Waals surface area (Å²) in [5.41, 5.74) is 21.2. The summed E-state index contributed by atoms with van der Waals surface area (Å²) in [5, 5.41) is 0. The Bertz CT molecular complexity index is 2750. The summed E-state index contributed by atoms with van der Waals surface area (Å²) in [5.74, 6) is 0. The van der Waals surface area contributed by atoms with Gasteiger partial charge in [-0.1, -0.05) is 191 Å². The topological polar surface area (TPSA) is 3.24 Å². The van der Waals surface area contributed by atoms with E-state index in [9.17, 15) is 0 Å². The van der Waals surface area contributed by atoms with Crippen LogP contribution >= 0.6 is 0 Å². The van der Waals surface area contributed by atoms with Gasteiger partial charge in [-0.05, 0) is 91.0 Å². The summed E-state index contributed by atoms with van der Waals surface area (Å²) in [6, 6.07) is 69.5. The maximum Gasteiger partial charge on any atom is 0.0540 e. The Balaban J connectivity index is 1.29. The fourth-order valence-electron chi connectivity index (χ4n) is 9.66. The first-order valence-electron chi connectivity index (χ1n) is 19.5. The van der Waals surface area contributed by atoms with Crippen molar-refractivity contribution in [2.24, 2.45) is 0 Å². The summed E-state index contributed by atoms with van der Waals surface area (Å²) in [6.07, 6.45) is 0.